The fourth-order valence-corrected chi connectivity index (χ4v) is 6.15. The molecule has 200 valence electrons. The number of nitrogens with zero attached hydrogens (tertiary/aromatic N) is 4. The van der Waals surface area contributed by atoms with Gasteiger partial charge in [0.05, 0.1) is 30.3 Å². The number of aryl methyl sites for hydroxylation is 1. The highest BCUT2D eigenvalue weighted by Gasteiger charge is 2.23. The van der Waals surface area contributed by atoms with Crippen LogP contribution in [-0.2, 0) is 17.8 Å². The molecule has 0 bridgehead atoms. The van der Waals surface area contributed by atoms with Crippen molar-refractivity contribution in [2.45, 2.75) is 45.2 Å². The molecule has 0 saturated carbocycles. The first-order valence-corrected chi connectivity index (χ1v) is 13.9. The molecule has 3 heterocycles. The number of aromatic nitrogens is 4. The van der Waals surface area contributed by atoms with Crippen LogP contribution in [-0.4, -0.2) is 31.6 Å². The molecule has 3 aromatic carbocycles. The summed E-state index contributed by atoms with van der Waals surface area (Å²) in [5, 5.41) is 1.47. The van der Waals surface area contributed by atoms with Crippen LogP contribution >= 0.6 is 0 Å². The highest BCUT2D eigenvalue weighted by atomic mass is 16.5. The minimum Gasteiger partial charge on any atom is -0.465 e. The number of esters is 1. The molecule has 0 amide bonds. The SMILES string of the molecule is COC(=O)c1ccc2c(c1)n1c3c(nc1n2CCC1=CCCCC1)c1ccccc1c(=O)n3Cc1ccccc1. The predicted octanol–water partition coefficient (Wildman–Crippen LogP) is 6.48. The normalized spacial score (nSPS) is 13.9. The van der Waals surface area contributed by atoms with Gasteiger partial charge in [-0.25, -0.2) is 9.78 Å². The van der Waals surface area contributed by atoms with Gasteiger partial charge in [-0.15, -0.1) is 0 Å². The molecule has 40 heavy (non-hydrogen) atoms. The number of rotatable bonds is 6. The maximum Gasteiger partial charge on any atom is 0.337 e. The van der Waals surface area contributed by atoms with Crippen LogP contribution < -0.4 is 5.56 Å². The third-order valence-electron chi connectivity index (χ3n) is 8.14. The smallest absolute Gasteiger partial charge is 0.337 e. The summed E-state index contributed by atoms with van der Waals surface area (Å²) >= 11 is 0. The molecule has 0 radical (unpaired) electrons. The number of carbonyl (C=O) groups is 1. The second-order valence-electron chi connectivity index (χ2n) is 10.5. The number of ether oxygens (including phenoxy) is 1. The van der Waals surface area contributed by atoms with Gasteiger partial charge < -0.3 is 9.30 Å². The van der Waals surface area contributed by atoms with E-state index in [0.29, 0.717) is 17.5 Å². The number of fused-ring (bicyclic) bond motifs is 7. The Bertz CT molecular complexity index is 2010. The Morgan fingerprint density at radius 1 is 0.925 bits per heavy atom. The summed E-state index contributed by atoms with van der Waals surface area (Å²) in [5.74, 6) is 0.368. The van der Waals surface area contributed by atoms with Crippen LogP contribution in [0.4, 0.5) is 0 Å². The molecule has 0 N–H and O–H groups in total. The number of pyridine rings is 1. The van der Waals surface area contributed by atoms with E-state index in [0.717, 1.165) is 64.7 Å². The van der Waals surface area contributed by atoms with Gasteiger partial charge in [0.1, 0.15) is 5.52 Å². The molecule has 0 unspecified atom stereocenters. The fourth-order valence-electron chi connectivity index (χ4n) is 6.15. The first-order valence-electron chi connectivity index (χ1n) is 13.9. The third kappa shape index (κ3) is 3.92. The second kappa shape index (κ2) is 9.83. The van der Waals surface area contributed by atoms with Crippen LogP contribution in [0.2, 0.25) is 0 Å². The molecule has 6 aromatic rings. The van der Waals surface area contributed by atoms with E-state index in [1.807, 2.05) is 71.3 Å². The van der Waals surface area contributed by atoms with E-state index >= 15 is 0 Å². The number of benzene rings is 3. The zero-order chi connectivity index (χ0) is 27.2. The van der Waals surface area contributed by atoms with Crippen LogP contribution in [0, 0.1) is 0 Å². The Kier molecular flexibility index (Phi) is 5.99. The summed E-state index contributed by atoms with van der Waals surface area (Å²) in [6, 6.07) is 23.3. The lowest BCUT2D eigenvalue weighted by Crippen LogP contribution is -2.22. The van der Waals surface area contributed by atoms with E-state index in [2.05, 4.69) is 15.0 Å². The second-order valence-corrected chi connectivity index (χ2v) is 10.5. The van der Waals surface area contributed by atoms with E-state index in [-0.39, 0.29) is 5.56 Å². The van der Waals surface area contributed by atoms with Crippen molar-refractivity contribution >= 4 is 44.7 Å². The minimum atomic E-state index is -0.397. The third-order valence-corrected chi connectivity index (χ3v) is 8.14. The van der Waals surface area contributed by atoms with E-state index in [4.69, 9.17) is 9.72 Å². The average Bonchev–Trinajstić information content (AvgIpc) is 3.54. The number of hydrogen-bond donors (Lipinski definition) is 0. The molecule has 1 aliphatic rings. The average molecular weight is 531 g/mol. The quantitative estimate of drug-likeness (QED) is 0.182. The van der Waals surface area contributed by atoms with E-state index in [1.165, 1.54) is 25.5 Å². The number of methoxy groups -OCH3 is 1. The summed E-state index contributed by atoms with van der Waals surface area (Å²) < 4.78 is 11.2. The largest absolute Gasteiger partial charge is 0.465 e. The summed E-state index contributed by atoms with van der Waals surface area (Å²) in [6.07, 6.45) is 8.10. The zero-order valence-corrected chi connectivity index (χ0v) is 22.5. The van der Waals surface area contributed by atoms with Crippen LogP contribution in [0.3, 0.4) is 0 Å². The van der Waals surface area contributed by atoms with Crippen molar-refractivity contribution in [1.29, 1.82) is 0 Å². The Morgan fingerprint density at radius 3 is 2.50 bits per heavy atom. The lowest BCUT2D eigenvalue weighted by molar-refractivity contribution is 0.0601. The van der Waals surface area contributed by atoms with Crippen LogP contribution in [0.25, 0.3) is 38.7 Å². The minimum absolute atomic E-state index is 0.0638. The highest BCUT2D eigenvalue weighted by Crippen LogP contribution is 2.31. The molecule has 0 fully saturated rings. The number of carbonyl (C=O) groups excluding carboxylic acids is 1. The van der Waals surface area contributed by atoms with Gasteiger partial charge in [0, 0.05) is 17.3 Å². The molecular weight excluding hydrogens is 500 g/mol. The van der Waals surface area contributed by atoms with Crippen LogP contribution in [0.5, 0.6) is 0 Å². The molecule has 7 rings (SSSR count). The van der Waals surface area contributed by atoms with Gasteiger partial charge in [0.25, 0.3) is 5.56 Å². The van der Waals surface area contributed by atoms with Gasteiger partial charge in [-0.2, -0.15) is 0 Å². The van der Waals surface area contributed by atoms with Crippen molar-refractivity contribution in [3.8, 4) is 0 Å². The van der Waals surface area contributed by atoms with Gasteiger partial charge in [0.15, 0.2) is 5.65 Å². The highest BCUT2D eigenvalue weighted by molar-refractivity contribution is 6.05. The van der Waals surface area contributed by atoms with Crippen molar-refractivity contribution in [2.24, 2.45) is 0 Å². The van der Waals surface area contributed by atoms with E-state index < -0.39 is 5.97 Å². The van der Waals surface area contributed by atoms with Crippen molar-refractivity contribution in [3.05, 3.63) is 106 Å². The Labute approximate surface area is 230 Å². The molecule has 3 aromatic heterocycles. The summed E-state index contributed by atoms with van der Waals surface area (Å²) in [4.78, 5) is 31.8. The van der Waals surface area contributed by atoms with Crippen LogP contribution in [0.1, 0.15) is 48.0 Å². The number of hydrogen-bond acceptors (Lipinski definition) is 4. The van der Waals surface area contributed by atoms with Crippen LogP contribution in [0.15, 0.2) is 89.2 Å². The Balaban J connectivity index is 1.56. The topological polar surface area (TPSA) is 70.5 Å². The summed E-state index contributed by atoms with van der Waals surface area (Å²) in [5.41, 5.74) is 6.21. The summed E-state index contributed by atoms with van der Waals surface area (Å²) in [6.45, 7) is 1.17. The lowest BCUT2D eigenvalue weighted by atomic mass is 9.97. The van der Waals surface area contributed by atoms with Gasteiger partial charge in [-0.3, -0.25) is 13.8 Å². The molecule has 1 aliphatic carbocycles. The molecule has 7 nitrogen and oxygen atoms in total. The molecule has 0 saturated heterocycles. The van der Waals surface area contributed by atoms with Crippen molar-refractivity contribution < 1.29 is 9.53 Å². The number of imidazole rings is 2. The molecule has 0 spiro atoms. The Hall–Kier alpha value is -4.65. The first kappa shape index (κ1) is 24.4. The molecule has 7 heteroatoms. The summed E-state index contributed by atoms with van der Waals surface area (Å²) in [7, 11) is 1.39. The monoisotopic (exact) mass is 530 g/mol. The van der Waals surface area contributed by atoms with Gasteiger partial charge in [-0.1, -0.05) is 60.2 Å². The lowest BCUT2D eigenvalue weighted by Gasteiger charge is -2.13. The molecule has 0 atom stereocenters. The predicted molar refractivity (Wildman–Crippen MR) is 158 cm³/mol. The maximum atomic E-state index is 14.0. The zero-order valence-electron chi connectivity index (χ0n) is 22.5. The molecule has 0 aliphatic heterocycles. The fraction of sp³-hybridized carbons (Fsp3) is 0.242. The number of allylic oxidation sites excluding steroid dienone is 2. The Morgan fingerprint density at radius 2 is 1.73 bits per heavy atom. The van der Waals surface area contributed by atoms with Crippen molar-refractivity contribution in [1.82, 2.24) is 18.5 Å². The van der Waals surface area contributed by atoms with Gasteiger partial charge in [-0.05, 0) is 61.9 Å². The van der Waals surface area contributed by atoms with Gasteiger partial charge >= 0.3 is 5.97 Å². The van der Waals surface area contributed by atoms with Crippen molar-refractivity contribution in [3.63, 3.8) is 0 Å². The first-order chi connectivity index (χ1) is 19.6. The molecular formula is C33H30N4O3. The van der Waals surface area contributed by atoms with Gasteiger partial charge in [0.2, 0.25) is 5.78 Å². The maximum absolute atomic E-state index is 14.0. The van der Waals surface area contributed by atoms with Crippen molar-refractivity contribution in [2.75, 3.05) is 7.11 Å². The standard InChI is InChI=1S/C33H30N4O3/c1-40-32(39)24-16-17-27-28(20-24)37-30-29(34-33(37)35(27)19-18-22-10-4-2-5-11-22)25-14-8-9-15-26(25)31(38)36(30)21-23-12-6-3-7-13-23/h3,6-10,12-17,20H,2,4-5,11,18-19,21H2,1H3. The van der Waals surface area contributed by atoms with E-state index in [9.17, 15) is 9.59 Å². The van der Waals surface area contributed by atoms with E-state index in [1.54, 1.807) is 6.07 Å².